The van der Waals surface area contributed by atoms with Crippen LogP contribution in [0.5, 0.6) is 5.75 Å². The third-order valence-electron chi connectivity index (χ3n) is 5.19. The number of hydrogen-bond acceptors (Lipinski definition) is 4. The van der Waals surface area contributed by atoms with Gasteiger partial charge in [-0.3, -0.25) is 9.59 Å². The fraction of sp³-hybridized carbons (Fsp3) is 0.579. The molecule has 2 atom stereocenters. The summed E-state index contributed by atoms with van der Waals surface area (Å²) in [5.41, 5.74) is 0.594. The Hall–Kier alpha value is -2.08. The molecule has 136 valence electrons. The molecule has 2 heterocycles. The summed E-state index contributed by atoms with van der Waals surface area (Å²) in [6.45, 7) is 1.08. The molecule has 6 nitrogen and oxygen atoms in total. The molecule has 25 heavy (non-hydrogen) atoms. The van der Waals surface area contributed by atoms with Gasteiger partial charge in [0.1, 0.15) is 11.4 Å². The number of rotatable bonds is 4. The van der Waals surface area contributed by atoms with Gasteiger partial charge < -0.3 is 19.7 Å². The zero-order valence-electron chi connectivity index (χ0n) is 14.9. The molecule has 1 N–H and O–H groups in total. The highest BCUT2D eigenvalue weighted by Gasteiger charge is 2.43. The summed E-state index contributed by atoms with van der Waals surface area (Å²) < 4.78 is 11.4. The lowest BCUT2D eigenvalue weighted by Crippen LogP contribution is -2.46. The van der Waals surface area contributed by atoms with E-state index < -0.39 is 5.60 Å². The van der Waals surface area contributed by atoms with E-state index in [0.717, 1.165) is 17.7 Å². The van der Waals surface area contributed by atoms with E-state index in [4.69, 9.17) is 9.47 Å². The summed E-state index contributed by atoms with van der Waals surface area (Å²) in [5.74, 6) is 0.934. The molecule has 0 radical (unpaired) electrons. The number of hydrogen-bond donors (Lipinski definition) is 1. The van der Waals surface area contributed by atoms with E-state index in [1.54, 1.807) is 12.0 Å². The Balaban J connectivity index is 1.82. The number of carbonyl (C=O) groups excluding carboxylic acids is 2. The molecule has 1 saturated heterocycles. The maximum Gasteiger partial charge on any atom is 0.222 e. The Labute approximate surface area is 148 Å². The minimum absolute atomic E-state index is 0.0273. The van der Waals surface area contributed by atoms with Crippen LogP contribution in [0.3, 0.4) is 0 Å². The molecular formula is C19H26N2O4. The second kappa shape index (κ2) is 7.44. The molecule has 0 aliphatic carbocycles. The first kappa shape index (κ1) is 17.7. The second-order valence-electron chi connectivity index (χ2n) is 6.96. The van der Waals surface area contributed by atoms with Crippen LogP contribution in [-0.2, 0) is 14.3 Å². The van der Waals surface area contributed by atoms with Crippen molar-refractivity contribution in [1.82, 2.24) is 10.2 Å². The maximum atomic E-state index is 12.2. The predicted octanol–water partition coefficient (Wildman–Crippen LogP) is 2.04. The van der Waals surface area contributed by atoms with Crippen LogP contribution in [0.2, 0.25) is 0 Å². The van der Waals surface area contributed by atoms with E-state index in [1.807, 2.05) is 31.3 Å². The molecule has 3 rings (SSSR count). The molecule has 6 heteroatoms. The molecule has 0 aromatic heterocycles. The van der Waals surface area contributed by atoms with Crippen LogP contribution in [0.4, 0.5) is 0 Å². The highest BCUT2D eigenvalue weighted by atomic mass is 16.5. The Bertz CT molecular complexity index is 648. The highest BCUT2D eigenvalue weighted by Crippen LogP contribution is 2.44. The van der Waals surface area contributed by atoms with Gasteiger partial charge in [-0.05, 0) is 12.5 Å². The van der Waals surface area contributed by atoms with Gasteiger partial charge in [0.05, 0.1) is 12.6 Å². The number of carbonyl (C=O) groups is 2. The topological polar surface area (TPSA) is 67.9 Å². The van der Waals surface area contributed by atoms with Crippen molar-refractivity contribution in [2.75, 3.05) is 27.3 Å². The third-order valence-corrected chi connectivity index (χ3v) is 5.19. The van der Waals surface area contributed by atoms with Crippen molar-refractivity contribution in [3.63, 3.8) is 0 Å². The first-order valence-corrected chi connectivity index (χ1v) is 8.83. The average Bonchev–Trinajstić information content (AvgIpc) is 2.74. The number of fused-ring (bicyclic) bond motifs is 1. The first-order valence-electron chi connectivity index (χ1n) is 8.83. The Kier molecular flexibility index (Phi) is 5.27. The lowest BCUT2D eigenvalue weighted by molar-refractivity contribution is -0.129. The minimum atomic E-state index is -0.409. The fourth-order valence-corrected chi connectivity index (χ4v) is 3.66. The van der Waals surface area contributed by atoms with Crippen molar-refractivity contribution in [1.29, 1.82) is 0 Å². The van der Waals surface area contributed by atoms with Crippen LogP contribution >= 0.6 is 0 Å². The zero-order chi connectivity index (χ0) is 17.9. The second-order valence-corrected chi connectivity index (χ2v) is 6.96. The normalized spacial score (nSPS) is 25.9. The number of nitrogens with zero attached hydrogens (tertiary/aromatic N) is 1. The number of methoxy groups -OCH3 is 1. The SMILES string of the molecule is COCCC(=O)NC1CC2(CCC(=O)N(C)CC2)Oc2ccccc21. The van der Waals surface area contributed by atoms with Gasteiger partial charge in [0.15, 0.2) is 0 Å². The summed E-state index contributed by atoms with van der Waals surface area (Å²) in [6, 6.07) is 7.74. The number of likely N-dealkylation sites (tertiary alicyclic amines) is 1. The van der Waals surface area contributed by atoms with Crippen LogP contribution in [0, 0.1) is 0 Å². The summed E-state index contributed by atoms with van der Waals surface area (Å²) in [6.07, 6.45) is 2.94. The molecule has 2 aliphatic heterocycles. The van der Waals surface area contributed by atoms with E-state index in [-0.39, 0.29) is 17.9 Å². The van der Waals surface area contributed by atoms with Crippen LogP contribution < -0.4 is 10.1 Å². The first-order chi connectivity index (χ1) is 12.0. The predicted molar refractivity (Wildman–Crippen MR) is 93.3 cm³/mol. The summed E-state index contributed by atoms with van der Waals surface area (Å²) in [4.78, 5) is 26.0. The summed E-state index contributed by atoms with van der Waals surface area (Å²) in [5, 5.41) is 3.13. The van der Waals surface area contributed by atoms with Gasteiger partial charge in [-0.25, -0.2) is 0 Å². The fourth-order valence-electron chi connectivity index (χ4n) is 3.66. The number of benzene rings is 1. The van der Waals surface area contributed by atoms with E-state index in [1.165, 1.54) is 0 Å². The van der Waals surface area contributed by atoms with Gasteiger partial charge in [-0.2, -0.15) is 0 Å². The summed E-state index contributed by atoms with van der Waals surface area (Å²) in [7, 11) is 3.42. The van der Waals surface area contributed by atoms with Gasteiger partial charge in [0, 0.05) is 51.9 Å². The highest BCUT2D eigenvalue weighted by molar-refractivity contribution is 5.77. The van der Waals surface area contributed by atoms with Gasteiger partial charge >= 0.3 is 0 Å². The van der Waals surface area contributed by atoms with Gasteiger partial charge in [-0.1, -0.05) is 18.2 Å². The van der Waals surface area contributed by atoms with Crippen molar-refractivity contribution >= 4 is 11.8 Å². The maximum absolute atomic E-state index is 12.2. The monoisotopic (exact) mass is 346 g/mol. The van der Waals surface area contributed by atoms with Crippen molar-refractivity contribution in [3.8, 4) is 5.75 Å². The van der Waals surface area contributed by atoms with Crippen molar-refractivity contribution in [2.24, 2.45) is 0 Å². The molecule has 0 saturated carbocycles. The van der Waals surface area contributed by atoms with Crippen LogP contribution in [0.1, 0.15) is 43.7 Å². The van der Waals surface area contributed by atoms with Crippen molar-refractivity contribution < 1.29 is 19.1 Å². The molecule has 2 unspecified atom stereocenters. The van der Waals surface area contributed by atoms with E-state index in [9.17, 15) is 9.59 Å². The lowest BCUT2D eigenvalue weighted by atomic mass is 9.82. The van der Waals surface area contributed by atoms with Crippen LogP contribution in [0.15, 0.2) is 24.3 Å². The lowest BCUT2D eigenvalue weighted by Gasteiger charge is -2.42. The number of para-hydroxylation sites is 1. The van der Waals surface area contributed by atoms with E-state index in [2.05, 4.69) is 5.32 Å². The smallest absolute Gasteiger partial charge is 0.222 e. The Morgan fingerprint density at radius 3 is 3.00 bits per heavy atom. The van der Waals surface area contributed by atoms with Crippen molar-refractivity contribution in [3.05, 3.63) is 29.8 Å². The van der Waals surface area contributed by atoms with Crippen LogP contribution in [0.25, 0.3) is 0 Å². The van der Waals surface area contributed by atoms with Gasteiger partial charge in [0.2, 0.25) is 11.8 Å². The molecular weight excluding hydrogens is 320 g/mol. The summed E-state index contributed by atoms with van der Waals surface area (Å²) >= 11 is 0. The largest absolute Gasteiger partial charge is 0.487 e. The minimum Gasteiger partial charge on any atom is -0.487 e. The molecule has 2 aliphatic rings. The van der Waals surface area contributed by atoms with Crippen molar-refractivity contribution in [2.45, 2.75) is 43.7 Å². The van der Waals surface area contributed by atoms with Crippen LogP contribution in [-0.4, -0.2) is 49.6 Å². The molecule has 1 aromatic carbocycles. The number of ether oxygens (including phenoxy) is 2. The molecule has 2 amide bonds. The third kappa shape index (κ3) is 3.95. The van der Waals surface area contributed by atoms with E-state index >= 15 is 0 Å². The quantitative estimate of drug-likeness (QED) is 0.906. The Morgan fingerprint density at radius 2 is 2.20 bits per heavy atom. The van der Waals surface area contributed by atoms with E-state index in [0.29, 0.717) is 38.8 Å². The molecule has 1 spiro atoms. The zero-order valence-corrected chi connectivity index (χ0v) is 14.9. The molecule has 0 bridgehead atoms. The number of amides is 2. The molecule has 1 aromatic rings. The average molecular weight is 346 g/mol. The number of nitrogens with one attached hydrogen (secondary N) is 1. The van der Waals surface area contributed by atoms with Gasteiger partial charge in [-0.15, -0.1) is 0 Å². The standard InChI is InChI=1S/C19H26N2O4/c1-21-11-10-19(9-7-18(21)23)13-15(20-17(22)8-12-24-2)14-5-3-4-6-16(14)25-19/h3-6,15H,7-13H2,1-2H3,(H,20,22). The van der Waals surface area contributed by atoms with Gasteiger partial charge in [0.25, 0.3) is 0 Å². The molecule has 1 fully saturated rings. The Morgan fingerprint density at radius 1 is 1.40 bits per heavy atom.